The van der Waals surface area contributed by atoms with Crippen molar-refractivity contribution in [3.8, 4) is 0 Å². The van der Waals surface area contributed by atoms with E-state index in [9.17, 15) is 8.42 Å². The lowest BCUT2D eigenvalue weighted by Crippen LogP contribution is -2.35. The molecule has 7 heteroatoms. The maximum atomic E-state index is 10.5. The maximum absolute atomic E-state index is 10.5. The Morgan fingerprint density at radius 1 is 1.31 bits per heavy atom. The summed E-state index contributed by atoms with van der Waals surface area (Å²) < 4.78 is 21.0. The average molecular weight is 222 g/mol. The molecule has 0 aliphatic rings. The van der Waals surface area contributed by atoms with Gasteiger partial charge in [0.2, 0.25) is 0 Å². The first-order valence-corrected chi connectivity index (χ1v) is 5.21. The normalized spacial score (nSPS) is 11.2. The minimum Gasteiger partial charge on any atom is -0.306 e. The molecule has 5 nitrogen and oxygen atoms in total. The van der Waals surface area contributed by atoms with Crippen LogP contribution in [-0.2, 0) is 10.2 Å². The van der Waals surface area contributed by atoms with E-state index in [1.807, 2.05) is 4.83 Å². The molecule has 0 amide bonds. The van der Waals surface area contributed by atoms with Gasteiger partial charge in [-0.2, -0.15) is 8.42 Å². The molecule has 0 radical (unpaired) electrons. The van der Waals surface area contributed by atoms with Crippen LogP contribution in [0.4, 0.5) is 5.69 Å². The summed E-state index contributed by atoms with van der Waals surface area (Å²) in [6.45, 7) is 0. The Labute approximate surface area is 81.0 Å². The highest BCUT2D eigenvalue weighted by Gasteiger charge is 2.01. The Morgan fingerprint density at radius 2 is 1.92 bits per heavy atom. The topological polar surface area (TPSA) is 84.2 Å². The largest absolute Gasteiger partial charge is 0.306 e. The van der Waals surface area contributed by atoms with Gasteiger partial charge in [-0.05, 0) is 12.1 Å². The Balaban J connectivity index is 2.71. The lowest BCUT2D eigenvalue weighted by Gasteiger charge is -2.06. The van der Waals surface area contributed by atoms with Crippen LogP contribution in [0.2, 0.25) is 5.02 Å². The van der Waals surface area contributed by atoms with Gasteiger partial charge in [0.1, 0.15) is 0 Å². The summed E-state index contributed by atoms with van der Waals surface area (Å²) >= 11 is 5.71. The van der Waals surface area contributed by atoms with Gasteiger partial charge in [-0.3, -0.25) is 0 Å². The Bertz CT molecular complexity index is 393. The molecule has 4 N–H and O–H groups in total. The van der Waals surface area contributed by atoms with Crippen LogP contribution >= 0.6 is 11.6 Å². The van der Waals surface area contributed by atoms with E-state index >= 15 is 0 Å². The Hall–Kier alpha value is -0.820. The molecule has 0 atom stereocenters. The first-order chi connectivity index (χ1) is 5.99. The number of para-hydroxylation sites is 1. The fourth-order valence-corrected chi connectivity index (χ4v) is 1.12. The zero-order valence-electron chi connectivity index (χ0n) is 6.49. The standard InChI is InChI=1S/C6H8ClN3O2S/c7-5-3-1-2-4-6(5)9-10-13(8,11)12/h1-4,9-10H,(H2,8,11,12). The summed E-state index contributed by atoms with van der Waals surface area (Å²) in [5, 5.41) is 5.09. The van der Waals surface area contributed by atoms with Gasteiger partial charge in [-0.15, -0.1) is 4.83 Å². The molecule has 0 spiro atoms. The van der Waals surface area contributed by atoms with Gasteiger partial charge >= 0.3 is 0 Å². The van der Waals surface area contributed by atoms with Gasteiger partial charge < -0.3 is 5.43 Å². The summed E-state index contributed by atoms with van der Waals surface area (Å²) in [4.78, 5) is 1.89. The molecule has 0 aromatic heterocycles. The quantitative estimate of drug-likeness (QED) is 0.649. The van der Waals surface area contributed by atoms with E-state index in [4.69, 9.17) is 11.6 Å². The molecule has 0 fully saturated rings. The summed E-state index contributed by atoms with van der Waals surface area (Å²) in [5.74, 6) is 0. The second kappa shape index (κ2) is 3.93. The molecule has 0 saturated carbocycles. The van der Waals surface area contributed by atoms with Gasteiger partial charge in [0.05, 0.1) is 10.7 Å². The maximum Gasteiger partial charge on any atom is 0.291 e. The van der Waals surface area contributed by atoms with Gasteiger partial charge in [-0.25, -0.2) is 5.14 Å². The lowest BCUT2D eigenvalue weighted by molar-refractivity contribution is 0.589. The van der Waals surface area contributed by atoms with E-state index in [1.54, 1.807) is 24.3 Å². The minimum atomic E-state index is -3.76. The second-order valence-electron chi connectivity index (χ2n) is 2.25. The molecular formula is C6H8ClN3O2S. The number of rotatable bonds is 3. The summed E-state index contributed by atoms with van der Waals surface area (Å²) in [7, 11) is -3.76. The molecule has 72 valence electrons. The third kappa shape index (κ3) is 3.60. The Kier molecular flexibility index (Phi) is 3.10. The van der Waals surface area contributed by atoms with E-state index in [-0.39, 0.29) is 0 Å². The summed E-state index contributed by atoms with van der Waals surface area (Å²) in [6, 6.07) is 6.67. The van der Waals surface area contributed by atoms with E-state index in [0.29, 0.717) is 10.7 Å². The highest BCUT2D eigenvalue weighted by Crippen LogP contribution is 2.19. The SMILES string of the molecule is NS(=O)(=O)NNc1ccccc1Cl. The molecule has 0 saturated heterocycles. The fourth-order valence-electron chi connectivity index (χ4n) is 0.689. The first kappa shape index (κ1) is 10.3. The molecule has 0 unspecified atom stereocenters. The smallest absolute Gasteiger partial charge is 0.291 e. The van der Waals surface area contributed by atoms with Crippen molar-refractivity contribution in [1.29, 1.82) is 0 Å². The Morgan fingerprint density at radius 3 is 2.46 bits per heavy atom. The highest BCUT2D eigenvalue weighted by molar-refractivity contribution is 7.87. The molecular weight excluding hydrogens is 214 g/mol. The van der Waals surface area contributed by atoms with Gasteiger partial charge in [0, 0.05) is 0 Å². The minimum absolute atomic E-state index is 0.402. The number of hydrazine groups is 1. The molecule has 1 rings (SSSR count). The molecule has 1 aromatic carbocycles. The third-order valence-electron chi connectivity index (χ3n) is 1.20. The summed E-state index contributed by atoms with van der Waals surface area (Å²) in [5.41, 5.74) is 2.80. The van der Waals surface area contributed by atoms with Crippen LogP contribution < -0.4 is 15.4 Å². The molecule has 13 heavy (non-hydrogen) atoms. The average Bonchev–Trinajstić information content (AvgIpc) is 2.01. The van der Waals surface area contributed by atoms with Crippen molar-refractivity contribution in [2.45, 2.75) is 0 Å². The van der Waals surface area contributed by atoms with Crippen LogP contribution in [-0.4, -0.2) is 8.42 Å². The number of hydrogen-bond donors (Lipinski definition) is 3. The van der Waals surface area contributed by atoms with Crippen molar-refractivity contribution >= 4 is 27.5 Å². The van der Waals surface area contributed by atoms with Crippen LogP contribution in [0.25, 0.3) is 0 Å². The van der Waals surface area contributed by atoms with Crippen molar-refractivity contribution in [3.05, 3.63) is 29.3 Å². The fraction of sp³-hybridized carbons (Fsp3) is 0. The molecule has 0 aliphatic heterocycles. The van der Waals surface area contributed by atoms with Gasteiger partial charge in [0.25, 0.3) is 10.2 Å². The van der Waals surface area contributed by atoms with E-state index in [2.05, 4.69) is 10.6 Å². The van der Waals surface area contributed by atoms with Crippen molar-refractivity contribution < 1.29 is 8.42 Å². The second-order valence-corrected chi connectivity index (χ2v) is 3.95. The lowest BCUT2D eigenvalue weighted by atomic mass is 10.3. The van der Waals surface area contributed by atoms with Crippen molar-refractivity contribution in [2.24, 2.45) is 5.14 Å². The van der Waals surface area contributed by atoms with E-state index < -0.39 is 10.2 Å². The van der Waals surface area contributed by atoms with Gasteiger partial charge in [-0.1, -0.05) is 23.7 Å². The predicted molar refractivity (Wildman–Crippen MR) is 51.3 cm³/mol. The van der Waals surface area contributed by atoms with Gasteiger partial charge in [0.15, 0.2) is 0 Å². The molecule has 0 aliphatic carbocycles. The van der Waals surface area contributed by atoms with Crippen LogP contribution in [0, 0.1) is 0 Å². The summed E-state index contributed by atoms with van der Waals surface area (Å²) in [6.07, 6.45) is 0. The van der Waals surface area contributed by atoms with Crippen LogP contribution in [0.5, 0.6) is 0 Å². The van der Waals surface area contributed by atoms with Crippen LogP contribution in [0.3, 0.4) is 0 Å². The number of anilines is 1. The number of benzene rings is 1. The molecule has 0 bridgehead atoms. The van der Waals surface area contributed by atoms with Crippen LogP contribution in [0.15, 0.2) is 24.3 Å². The van der Waals surface area contributed by atoms with Crippen molar-refractivity contribution in [3.63, 3.8) is 0 Å². The third-order valence-corrected chi connectivity index (χ3v) is 1.92. The molecule has 0 heterocycles. The number of hydrogen-bond acceptors (Lipinski definition) is 3. The first-order valence-electron chi connectivity index (χ1n) is 3.29. The monoisotopic (exact) mass is 221 g/mol. The number of halogens is 1. The number of nitrogens with one attached hydrogen (secondary N) is 2. The predicted octanol–water partition coefficient (Wildman–Crippen LogP) is 0.460. The number of nitrogens with two attached hydrogens (primary N) is 1. The van der Waals surface area contributed by atoms with Crippen molar-refractivity contribution in [1.82, 2.24) is 4.83 Å². The zero-order chi connectivity index (χ0) is 9.90. The van der Waals surface area contributed by atoms with E-state index in [0.717, 1.165) is 0 Å². The van der Waals surface area contributed by atoms with E-state index in [1.165, 1.54) is 0 Å². The van der Waals surface area contributed by atoms with Crippen LogP contribution in [0.1, 0.15) is 0 Å². The highest BCUT2D eigenvalue weighted by atomic mass is 35.5. The molecule has 1 aromatic rings. The van der Waals surface area contributed by atoms with Crippen molar-refractivity contribution in [2.75, 3.05) is 5.43 Å². The zero-order valence-corrected chi connectivity index (χ0v) is 8.06.